The monoisotopic (exact) mass is 306 g/mol. The molecule has 6 nitrogen and oxygen atoms in total. The van der Waals surface area contributed by atoms with Gasteiger partial charge in [-0.1, -0.05) is 11.6 Å². The van der Waals surface area contributed by atoms with Crippen LogP contribution in [-0.2, 0) is 0 Å². The maximum absolute atomic E-state index is 12.0. The highest BCUT2D eigenvalue weighted by Crippen LogP contribution is 2.23. The molecule has 21 heavy (non-hydrogen) atoms. The number of carboxylic acid groups (broad SMARTS) is 1. The van der Waals surface area contributed by atoms with Gasteiger partial charge in [0.05, 0.1) is 7.11 Å². The van der Waals surface area contributed by atoms with Gasteiger partial charge in [-0.25, -0.2) is 4.79 Å². The van der Waals surface area contributed by atoms with Crippen LogP contribution in [0.25, 0.3) is 0 Å². The molecule has 1 amide bonds. The second kappa shape index (κ2) is 6.23. The fourth-order valence-electron chi connectivity index (χ4n) is 1.67. The van der Waals surface area contributed by atoms with E-state index in [4.69, 9.17) is 21.4 Å². The Morgan fingerprint density at radius 2 is 2.05 bits per heavy atom. The number of nitrogens with one attached hydrogen (secondary N) is 1. The Balaban J connectivity index is 2.24. The zero-order valence-corrected chi connectivity index (χ0v) is 11.7. The van der Waals surface area contributed by atoms with Gasteiger partial charge in [0, 0.05) is 23.0 Å². The number of halogens is 1. The standard InChI is InChI=1S/C14H11ClN2O4/c1-21-12-7-9(2-3-10(12)14(19)20)17-13(18)11-6-8(15)4-5-16-11/h2-7H,1H3,(H,17,18)(H,19,20). The van der Waals surface area contributed by atoms with Gasteiger partial charge in [-0.05, 0) is 24.3 Å². The number of pyridine rings is 1. The average Bonchev–Trinajstić information content (AvgIpc) is 2.46. The predicted molar refractivity (Wildman–Crippen MR) is 77.2 cm³/mol. The number of methoxy groups -OCH3 is 1. The molecular weight excluding hydrogens is 296 g/mol. The lowest BCUT2D eigenvalue weighted by molar-refractivity contribution is 0.0693. The van der Waals surface area contributed by atoms with Crippen LogP contribution in [0.1, 0.15) is 20.8 Å². The van der Waals surface area contributed by atoms with Crippen LogP contribution in [0.5, 0.6) is 5.75 Å². The zero-order valence-electron chi connectivity index (χ0n) is 11.0. The molecule has 2 rings (SSSR count). The van der Waals surface area contributed by atoms with Crippen LogP contribution >= 0.6 is 11.6 Å². The highest BCUT2D eigenvalue weighted by Gasteiger charge is 2.13. The predicted octanol–water partition coefficient (Wildman–Crippen LogP) is 2.69. The van der Waals surface area contributed by atoms with Crippen molar-refractivity contribution in [1.82, 2.24) is 4.98 Å². The number of carboxylic acids is 1. The first kappa shape index (κ1) is 14.8. The normalized spacial score (nSPS) is 10.0. The summed E-state index contributed by atoms with van der Waals surface area (Å²) in [5, 5.41) is 12.0. The molecule has 0 aliphatic heterocycles. The van der Waals surface area contributed by atoms with Crippen LogP contribution in [-0.4, -0.2) is 29.1 Å². The summed E-state index contributed by atoms with van der Waals surface area (Å²) in [5.74, 6) is -1.41. The maximum atomic E-state index is 12.0. The molecule has 2 aromatic rings. The van der Waals surface area contributed by atoms with E-state index < -0.39 is 11.9 Å². The molecule has 0 saturated heterocycles. The molecule has 2 N–H and O–H groups in total. The number of hydrogen-bond acceptors (Lipinski definition) is 4. The fraction of sp³-hybridized carbons (Fsp3) is 0.0714. The molecule has 0 saturated carbocycles. The first-order valence-electron chi connectivity index (χ1n) is 5.85. The fourth-order valence-corrected chi connectivity index (χ4v) is 1.83. The molecule has 0 radical (unpaired) electrons. The Labute approximate surface area is 125 Å². The van der Waals surface area contributed by atoms with Crippen LogP contribution < -0.4 is 10.1 Å². The van der Waals surface area contributed by atoms with Crippen molar-refractivity contribution < 1.29 is 19.4 Å². The van der Waals surface area contributed by atoms with E-state index in [1.807, 2.05) is 0 Å². The average molecular weight is 307 g/mol. The van der Waals surface area contributed by atoms with E-state index in [2.05, 4.69) is 10.3 Å². The molecule has 0 spiro atoms. The van der Waals surface area contributed by atoms with Crippen molar-refractivity contribution in [3.05, 3.63) is 52.8 Å². The summed E-state index contributed by atoms with van der Waals surface area (Å²) < 4.78 is 4.98. The van der Waals surface area contributed by atoms with Gasteiger partial charge in [-0.2, -0.15) is 0 Å². The third-order valence-corrected chi connectivity index (χ3v) is 2.88. The Morgan fingerprint density at radius 1 is 1.29 bits per heavy atom. The second-order valence-corrected chi connectivity index (χ2v) is 4.47. The van der Waals surface area contributed by atoms with Gasteiger partial charge in [0.2, 0.25) is 0 Å². The van der Waals surface area contributed by atoms with E-state index in [9.17, 15) is 9.59 Å². The first-order chi connectivity index (χ1) is 10.0. The van der Waals surface area contributed by atoms with E-state index >= 15 is 0 Å². The summed E-state index contributed by atoms with van der Waals surface area (Å²) >= 11 is 5.79. The van der Waals surface area contributed by atoms with Gasteiger partial charge >= 0.3 is 5.97 Å². The van der Waals surface area contributed by atoms with Gasteiger partial charge < -0.3 is 15.2 Å². The van der Waals surface area contributed by atoms with Crippen LogP contribution in [0.15, 0.2) is 36.5 Å². The highest BCUT2D eigenvalue weighted by molar-refractivity contribution is 6.30. The van der Waals surface area contributed by atoms with Crippen LogP contribution in [0.3, 0.4) is 0 Å². The van der Waals surface area contributed by atoms with Gasteiger partial charge in [-0.3, -0.25) is 9.78 Å². The van der Waals surface area contributed by atoms with Crippen LogP contribution in [0.4, 0.5) is 5.69 Å². The molecule has 0 unspecified atom stereocenters. The summed E-state index contributed by atoms with van der Waals surface area (Å²) in [6.07, 6.45) is 1.42. The van der Waals surface area contributed by atoms with E-state index in [1.165, 1.54) is 37.6 Å². The van der Waals surface area contributed by atoms with Crippen molar-refractivity contribution in [2.24, 2.45) is 0 Å². The number of aromatic carboxylic acids is 1. The van der Waals surface area contributed by atoms with E-state index in [0.717, 1.165) is 0 Å². The summed E-state index contributed by atoms with van der Waals surface area (Å²) in [6.45, 7) is 0. The molecule has 0 atom stereocenters. The number of carbonyl (C=O) groups excluding carboxylic acids is 1. The van der Waals surface area contributed by atoms with Crippen molar-refractivity contribution in [1.29, 1.82) is 0 Å². The molecule has 0 bridgehead atoms. The molecule has 1 heterocycles. The SMILES string of the molecule is COc1cc(NC(=O)c2cc(Cl)ccn2)ccc1C(=O)O. The number of anilines is 1. The lowest BCUT2D eigenvalue weighted by Crippen LogP contribution is -2.14. The molecule has 1 aromatic heterocycles. The van der Waals surface area contributed by atoms with Crippen molar-refractivity contribution in [3.63, 3.8) is 0 Å². The number of carbonyl (C=O) groups is 2. The number of hydrogen-bond donors (Lipinski definition) is 2. The van der Waals surface area contributed by atoms with E-state index in [0.29, 0.717) is 10.7 Å². The number of aromatic nitrogens is 1. The van der Waals surface area contributed by atoms with Gasteiger partial charge in [0.25, 0.3) is 5.91 Å². The molecule has 7 heteroatoms. The molecule has 1 aromatic carbocycles. The number of nitrogens with zero attached hydrogens (tertiary/aromatic N) is 1. The molecule has 0 aliphatic carbocycles. The minimum Gasteiger partial charge on any atom is -0.496 e. The number of ether oxygens (including phenoxy) is 1. The maximum Gasteiger partial charge on any atom is 0.339 e. The largest absolute Gasteiger partial charge is 0.496 e. The van der Waals surface area contributed by atoms with Gasteiger partial charge in [0.1, 0.15) is 17.0 Å². The zero-order chi connectivity index (χ0) is 15.4. The molecular formula is C14H11ClN2O4. The third kappa shape index (κ3) is 3.49. The smallest absolute Gasteiger partial charge is 0.339 e. The van der Waals surface area contributed by atoms with Crippen LogP contribution in [0.2, 0.25) is 5.02 Å². The quantitative estimate of drug-likeness (QED) is 0.906. The van der Waals surface area contributed by atoms with Crippen molar-refractivity contribution in [3.8, 4) is 5.75 Å². The summed E-state index contributed by atoms with van der Waals surface area (Å²) in [6, 6.07) is 7.23. The van der Waals surface area contributed by atoms with E-state index in [1.54, 1.807) is 6.07 Å². The van der Waals surface area contributed by atoms with E-state index in [-0.39, 0.29) is 17.0 Å². The second-order valence-electron chi connectivity index (χ2n) is 4.03. The lowest BCUT2D eigenvalue weighted by atomic mass is 10.2. The Morgan fingerprint density at radius 3 is 2.67 bits per heavy atom. The van der Waals surface area contributed by atoms with Crippen LogP contribution in [0, 0.1) is 0 Å². The Kier molecular flexibility index (Phi) is 4.39. The first-order valence-corrected chi connectivity index (χ1v) is 6.23. The van der Waals surface area contributed by atoms with Crippen molar-refractivity contribution in [2.75, 3.05) is 12.4 Å². The molecule has 108 valence electrons. The summed E-state index contributed by atoms with van der Waals surface area (Å²) in [4.78, 5) is 26.9. The number of benzene rings is 1. The van der Waals surface area contributed by atoms with Gasteiger partial charge in [0.15, 0.2) is 0 Å². The third-order valence-electron chi connectivity index (χ3n) is 2.64. The minimum absolute atomic E-state index is 0.0105. The summed E-state index contributed by atoms with van der Waals surface area (Å²) in [5.41, 5.74) is 0.559. The van der Waals surface area contributed by atoms with Crippen molar-refractivity contribution >= 4 is 29.2 Å². The Bertz CT molecular complexity index is 703. The molecule has 0 aliphatic rings. The van der Waals surface area contributed by atoms with Gasteiger partial charge in [-0.15, -0.1) is 0 Å². The minimum atomic E-state index is -1.11. The lowest BCUT2D eigenvalue weighted by Gasteiger charge is -2.09. The Hall–Kier alpha value is -2.60. The highest BCUT2D eigenvalue weighted by atomic mass is 35.5. The number of amides is 1. The molecule has 0 fully saturated rings. The summed E-state index contributed by atoms with van der Waals surface area (Å²) in [7, 11) is 1.35. The van der Waals surface area contributed by atoms with Crippen molar-refractivity contribution in [2.45, 2.75) is 0 Å². The topological polar surface area (TPSA) is 88.5 Å². The number of rotatable bonds is 4.